The van der Waals surface area contributed by atoms with E-state index in [9.17, 15) is 14.4 Å². The first-order valence-electron chi connectivity index (χ1n) is 8.35. The molecule has 0 aliphatic rings. The van der Waals surface area contributed by atoms with Crippen LogP contribution in [0, 0.1) is 0 Å². The summed E-state index contributed by atoms with van der Waals surface area (Å²) in [6.45, 7) is 1.64. The third-order valence-electron chi connectivity index (χ3n) is 3.45. The molecule has 3 amide bonds. The van der Waals surface area contributed by atoms with Gasteiger partial charge in [-0.1, -0.05) is 60.7 Å². The van der Waals surface area contributed by atoms with Gasteiger partial charge in [0.2, 0.25) is 5.91 Å². The molecule has 1 atom stereocenters. The first kappa shape index (κ1) is 19.9. The Kier molecular flexibility index (Phi) is 7.80. The average Bonchev–Trinajstić information content (AvgIpc) is 2.69. The first-order chi connectivity index (χ1) is 13.0. The summed E-state index contributed by atoms with van der Waals surface area (Å²) in [5, 5.41) is 5.09. The van der Waals surface area contributed by atoms with Crippen molar-refractivity contribution < 1.29 is 19.1 Å². The van der Waals surface area contributed by atoms with Crippen LogP contribution in [-0.4, -0.2) is 24.1 Å². The summed E-state index contributed by atoms with van der Waals surface area (Å²) in [5.41, 5.74) is 6.44. The van der Waals surface area contributed by atoms with E-state index >= 15 is 0 Å². The molecule has 2 aromatic rings. The Labute approximate surface area is 157 Å². The van der Waals surface area contributed by atoms with Crippen molar-refractivity contribution in [1.29, 1.82) is 0 Å². The summed E-state index contributed by atoms with van der Waals surface area (Å²) in [6.07, 6.45) is -1.92. The minimum atomic E-state index is -1.14. The van der Waals surface area contributed by atoms with E-state index in [-0.39, 0.29) is 13.2 Å². The third-order valence-corrected chi connectivity index (χ3v) is 3.45. The molecular formula is C19H22N4O4. The largest absolute Gasteiger partial charge is 0.444 e. The summed E-state index contributed by atoms with van der Waals surface area (Å²) < 4.78 is 5.04. The zero-order valence-electron chi connectivity index (χ0n) is 14.9. The Bertz CT molecular complexity index is 753. The van der Waals surface area contributed by atoms with Crippen LogP contribution in [-0.2, 0) is 27.5 Å². The number of hydrogen-bond donors (Lipinski definition) is 4. The zero-order chi connectivity index (χ0) is 19.5. The second-order valence-electron chi connectivity index (χ2n) is 5.67. The van der Waals surface area contributed by atoms with Gasteiger partial charge in [0.1, 0.15) is 6.61 Å². The van der Waals surface area contributed by atoms with E-state index in [2.05, 4.69) is 21.5 Å². The number of hydrazine groups is 1. The maximum atomic E-state index is 12.3. The van der Waals surface area contributed by atoms with Crippen LogP contribution in [0.25, 0.3) is 0 Å². The topological polar surface area (TPSA) is 109 Å². The lowest BCUT2D eigenvalue weighted by atomic mass is 10.2. The third kappa shape index (κ3) is 7.57. The Morgan fingerprint density at radius 3 is 2.11 bits per heavy atom. The SMILES string of the molecule is CC(=O)NC(NNC(=O)OCc1ccccc1)C(=O)NCc1ccccc1. The molecule has 0 heterocycles. The highest BCUT2D eigenvalue weighted by molar-refractivity contribution is 5.86. The van der Waals surface area contributed by atoms with Gasteiger partial charge < -0.3 is 15.4 Å². The predicted molar refractivity (Wildman–Crippen MR) is 98.8 cm³/mol. The molecule has 0 aliphatic heterocycles. The van der Waals surface area contributed by atoms with Crippen molar-refractivity contribution in [2.24, 2.45) is 0 Å². The standard InChI is InChI=1S/C19H22N4O4/c1-14(24)21-17(18(25)20-12-15-8-4-2-5-9-15)22-23-19(26)27-13-16-10-6-3-7-11-16/h2-11,17,22H,12-13H2,1H3,(H,20,25)(H,21,24)(H,23,26). The molecule has 0 spiro atoms. The van der Waals surface area contributed by atoms with Gasteiger partial charge in [0.05, 0.1) is 0 Å². The van der Waals surface area contributed by atoms with Crippen molar-refractivity contribution in [1.82, 2.24) is 21.5 Å². The molecule has 27 heavy (non-hydrogen) atoms. The van der Waals surface area contributed by atoms with Crippen LogP contribution in [0.4, 0.5) is 4.79 Å². The minimum absolute atomic E-state index is 0.0827. The lowest BCUT2D eigenvalue weighted by Gasteiger charge is -2.19. The van der Waals surface area contributed by atoms with Gasteiger partial charge in [0.15, 0.2) is 6.17 Å². The fraction of sp³-hybridized carbons (Fsp3) is 0.211. The summed E-state index contributed by atoms with van der Waals surface area (Å²) in [5.74, 6) is -0.931. The summed E-state index contributed by atoms with van der Waals surface area (Å²) in [6, 6.07) is 18.5. The number of ether oxygens (including phenoxy) is 1. The van der Waals surface area contributed by atoms with Crippen LogP contribution < -0.4 is 21.5 Å². The van der Waals surface area contributed by atoms with Crippen LogP contribution in [0.15, 0.2) is 60.7 Å². The normalized spacial score (nSPS) is 11.1. The first-order valence-corrected chi connectivity index (χ1v) is 8.35. The van der Waals surface area contributed by atoms with E-state index in [1.54, 1.807) is 0 Å². The van der Waals surface area contributed by atoms with E-state index in [0.717, 1.165) is 11.1 Å². The molecule has 1 unspecified atom stereocenters. The molecule has 2 aromatic carbocycles. The number of nitrogens with one attached hydrogen (secondary N) is 4. The van der Waals surface area contributed by atoms with Crippen molar-refractivity contribution in [2.75, 3.05) is 0 Å². The fourth-order valence-corrected chi connectivity index (χ4v) is 2.15. The number of carbonyl (C=O) groups is 3. The smallest absolute Gasteiger partial charge is 0.422 e. The van der Waals surface area contributed by atoms with Crippen molar-refractivity contribution in [3.05, 3.63) is 71.8 Å². The van der Waals surface area contributed by atoms with Crippen molar-refractivity contribution in [3.63, 3.8) is 0 Å². The van der Waals surface area contributed by atoms with Crippen LogP contribution in [0.1, 0.15) is 18.1 Å². The van der Waals surface area contributed by atoms with E-state index in [0.29, 0.717) is 0 Å². The Balaban J connectivity index is 1.81. The molecule has 0 radical (unpaired) electrons. The molecule has 8 heteroatoms. The van der Waals surface area contributed by atoms with Gasteiger partial charge in [-0.25, -0.2) is 10.2 Å². The van der Waals surface area contributed by atoms with Crippen molar-refractivity contribution in [3.8, 4) is 0 Å². The highest BCUT2D eigenvalue weighted by Gasteiger charge is 2.19. The monoisotopic (exact) mass is 370 g/mol. The molecule has 0 aliphatic carbocycles. The summed E-state index contributed by atoms with van der Waals surface area (Å²) in [7, 11) is 0. The highest BCUT2D eigenvalue weighted by atomic mass is 16.6. The van der Waals surface area contributed by atoms with Gasteiger partial charge in [-0.15, -0.1) is 0 Å². The molecule has 0 bridgehead atoms. The van der Waals surface area contributed by atoms with Gasteiger partial charge in [-0.05, 0) is 11.1 Å². The van der Waals surface area contributed by atoms with Crippen LogP contribution in [0.3, 0.4) is 0 Å². The maximum Gasteiger partial charge on any atom is 0.422 e. The molecular weight excluding hydrogens is 348 g/mol. The molecule has 4 N–H and O–H groups in total. The molecule has 0 saturated carbocycles. The molecule has 0 aromatic heterocycles. The van der Waals surface area contributed by atoms with Crippen LogP contribution in [0.2, 0.25) is 0 Å². The molecule has 0 fully saturated rings. The van der Waals surface area contributed by atoms with Gasteiger partial charge >= 0.3 is 6.09 Å². The average molecular weight is 370 g/mol. The molecule has 142 valence electrons. The second-order valence-corrected chi connectivity index (χ2v) is 5.67. The Morgan fingerprint density at radius 2 is 1.52 bits per heavy atom. The predicted octanol–water partition coefficient (Wildman–Crippen LogP) is 1.20. The number of amides is 3. The quantitative estimate of drug-likeness (QED) is 0.412. The Morgan fingerprint density at radius 1 is 0.926 bits per heavy atom. The van der Waals surface area contributed by atoms with E-state index < -0.39 is 24.1 Å². The molecule has 8 nitrogen and oxygen atoms in total. The van der Waals surface area contributed by atoms with Gasteiger partial charge in [0, 0.05) is 13.5 Å². The van der Waals surface area contributed by atoms with Crippen molar-refractivity contribution in [2.45, 2.75) is 26.2 Å². The minimum Gasteiger partial charge on any atom is -0.444 e. The fourth-order valence-electron chi connectivity index (χ4n) is 2.15. The van der Waals surface area contributed by atoms with Gasteiger partial charge in [0.25, 0.3) is 5.91 Å². The zero-order valence-corrected chi connectivity index (χ0v) is 14.9. The van der Waals surface area contributed by atoms with Crippen molar-refractivity contribution >= 4 is 17.9 Å². The van der Waals surface area contributed by atoms with E-state index in [1.165, 1.54) is 6.92 Å². The summed E-state index contributed by atoms with van der Waals surface area (Å²) in [4.78, 5) is 35.3. The maximum absolute atomic E-state index is 12.3. The van der Waals surface area contributed by atoms with Crippen LogP contribution >= 0.6 is 0 Å². The number of benzene rings is 2. The van der Waals surface area contributed by atoms with Crippen LogP contribution in [0.5, 0.6) is 0 Å². The van der Waals surface area contributed by atoms with Gasteiger partial charge in [-0.2, -0.15) is 0 Å². The van der Waals surface area contributed by atoms with E-state index in [1.807, 2.05) is 60.7 Å². The lowest BCUT2D eigenvalue weighted by molar-refractivity contribution is -0.129. The highest BCUT2D eigenvalue weighted by Crippen LogP contribution is 2.00. The van der Waals surface area contributed by atoms with E-state index in [4.69, 9.17) is 4.74 Å². The summed E-state index contributed by atoms with van der Waals surface area (Å²) >= 11 is 0. The lowest BCUT2D eigenvalue weighted by Crippen LogP contribution is -2.59. The van der Waals surface area contributed by atoms with Gasteiger partial charge in [-0.3, -0.25) is 15.0 Å². The number of carbonyl (C=O) groups excluding carboxylic acids is 3. The molecule has 2 rings (SSSR count). The number of hydrogen-bond acceptors (Lipinski definition) is 5. The molecule has 0 saturated heterocycles. The second kappa shape index (κ2) is 10.6. The number of rotatable bonds is 8. The Hall–Kier alpha value is -3.39.